The second kappa shape index (κ2) is 4.83. The summed E-state index contributed by atoms with van der Waals surface area (Å²) < 4.78 is 40.9. The molecule has 0 spiro atoms. The Morgan fingerprint density at radius 3 is 2.81 bits per heavy atom. The molecule has 21 heavy (non-hydrogen) atoms. The van der Waals surface area contributed by atoms with Gasteiger partial charge >= 0.3 is 6.18 Å². The van der Waals surface area contributed by atoms with Crippen molar-refractivity contribution < 1.29 is 13.2 Å². The smallest absolute Gasteiger partial charge is 0.399 e. The zero-order valence-corrected chi connectivity index (χ0v) is 12.4. The van der Waals surface area contributed by atoms with E-state index >= 15 is 0 Å². The number of hydrogen-bond acceptors (Lipinski definition) is 3. The van der Waals surface area contributed by atoms with Gasteiger partial charge in [0.2, 0.25) is 5.82 Å². The molecule has 0 aliphatic carbocycles. The van der Waals surface area contributed by atoms with Crippen molar-refractivity contribution in [2.24, 2.45) is 0 Å². The van der Waals surface area contributed by atoms with Gasteiger partial charge < -0.3 is 10.3 Å². The molecule has 0 bridgehead atoms. The van der Waals surface area contributed by atoms with Gasteiger partial charge in [-0.25, -0.2) is 4.98 Å². The van der Waals surface area contributed by atoms with E-state index in [1.54, 1.807) is 23.9 Å². The molecule has 114 valence electrons. The van der Waals surface area contributed by atoms with Crippen molar-refractivity contribution in [3.63, 3.8) is 0 Å². The molecule has 1 aromatic heterocycles. The number of aromatic nitrogens is 2. The minimum atomic E-state index is -4.46. The molecule has 1 saturated heterocycles. The highest BCUT2D eigenvalue weighted by Crippen LogP contribution is 2.41. The minimum Gasteiger partial charge on any atom is -0.399 e. The van der Waals surface area contributed by atoms with Crippen LogP contribution in [-0.2, 0) is 12.7 Å². The van der Waals surface area contributed by atoms with Gasteiger partial charge in [-0.3, -0.25) is 0 Å². The molecule has 7 heteroatoms. The summed E-state index contributed by atoms with van der Waals surface area (Å²) in [5.74, 6) is 0.161. The van der Waals surface area contributed by atoms with Crippen LogP contribution in [0.15, 0.2) is 18.2 Å². The molecule has 1 aliphatic rings. The van der Waals surface area contributed by atoms with Crippen LogP contribution in [0.1, 0.15) is 25.6 Å². The van der Waals surface area contributed by atoms with Crippen molar-refractivity contribution >= 4 is 28.5 Å². The van der Waals surface area contributed by atoms with Crippen molar-refractivity contribution in [1.29, 1.82) is 0 Å². The maximum atomic E-state index is 13.3. The van der Waals surface area contributed by atoms with Gasteiger partial charge in [-0.15, -0.1) is 0 Å². The van der Waals surface area contributed by atoms with E-state index in [1.807, 2.05) is 6.92 Å². The summed E-state index contributed by atoms with van der Waals surface area (Å²) in [4.78, 5) is 3.77. The van der Waals surface area contributed by atoms with Crippen LogP contribution in [-0.4, -0.2) is 20.1 Å². The van der Waals surface area contributed by atoms with E-state index in [0.717, 1.165) is 18.6 Å². The Morgan fingerprint density at radius 2 is 2.19 bits per heavy atom. The first-order chi connectivity index (χ1) is 9.78. The lowest BCUT2D eigenvalue weighted by Crippen LogP contribution is -2.27. The van der Waals surface area contributed by atoms with Crippen molar-refractivity contribution in [1.82, 2.24) is 9.55 Å². The zero-order chi connectivity index (χ0) is 15.3. The molecule has 2 N–H and O–H groups in total. The topological polar surface area (TPSA) is 43.8 Å². The number of thioether (sulfide) groups is 1. The molecule has 3 nitrogen and oxygen atoms in total. The number of benzene rings is 1. The molecular formula is C14H16F3N3S. The number of nitrogens with zero attached hydrogens (tertiary/aromatic N) is 2. The third kappa shape index (κ3) is 2.71. The van der Waals surface area contributed by atoms with Gasteiger partial charge in [0.1, 0.15) is 0 Å². The number of nitrogens with two attached hydrogens (primary N) is 1. The molecule has 1 fully saturated rings. The summed E-state index contributed by atoms with van der Waals surface area (Å²) in [5.41, 5.74) is 6.86. The molecule has 0 amide bonds. The monoisotopic (exact) mass is 315 g/mol. The van der Waals surface area contributed by atoms with Crippen molar-refractivity contribution in [2.75, 3.05) is 11.5 Å². The number of fused-ring (bicyclic) bond motifs is 1. The zero-order valence-electron chi connectivity index (χ0n) is 11.6. The normalized spacial score (nSPS) is 23.0. The first-order valence-electron chi connectivity index (χ1n) is 6.75. The van der Waals surface area contributed by atoms with Crippen LogP contribution in [0, 0.1) is 0 Å². The molecular weight excluding hydrogens is 299 g/mol. The maximum Gasteiger partial charge on any atom is 0.449 e. The van der Waals surface area contributed by atoms with Gasteiger partial charge in [0, 0.05) is 17.0 Å². The van der Waals surface area contributed by atoms with E-state index in [-0.39, 0.29) is 4.75 Å². The van der Waals surface area contributed by atoms with Crippen LogP contribution in [0.5, 0.6) is 0 Å². The average Bonchev–Trinajstić information content (AvgIpc) is 2.94. The Bertz CT molecular complexity index is 672. The fourth-order valence-electron chi connectivity index (χ4n) is 2.82. The Balaban J connectivity index is 2.13. The Kier molecular flexibility index (Phi) is 3.35. The SMILES string of the molecule is CC1(Cn2c(C(F)(F)F)nc3cc(N)ccc32)CCCS1. The fourth-order valence-corrected chi connectivity index (χ4v) is 4.11. The van der Waals surface area contributed by atoms with Gasteiger partial charge in [0.25, 0.3) is 0 Å². The highest BCUT2D eigenvalue weighted by atomic mass is 32.2. The predicted octanol–water partition coefficient (Wildman–Crippen LogP) is 3.92. The molecule has 2 heterocycles. The largest absolute Gasteiger partial charge is 0.449 e. The van der Waals surface area contributed by atoms with Crippen molar-refractivity contribution in [3.8, 4) is 0 Å². The van der Waals surface area contributed by atoms with Crippen LogP contribution in [0.2, 0.25) is 0 Å². The molecule has 1 aliphatic heterocycles. The standard InChI is InChI=1S/C14H16F3N3S/c1-13(5-2-6-21-13)8-20-11-4-3-9(18)7-10(11)19-12(20)14(15,16)17/h3-4,7H,2,5-6,8,18H2,1H3. The summed E-state index contributed by atoms with van der Waals surface area (Å²) in [5, 5.41) is 0. The number of alkyl halides is 3. The summed E-state index contributed by atoms with van der Waals surface area (Å²) >= 11 is 1.73. The molecule has 1 aromatic carbocycles. The third-order valence-corrected chi connectivity index (χ3v) is 5.34. The highest BCUT2D eigenvalue weighted by molar-refractivity contribution is 8.00. The van der Waals surface area contributed by atoms with Crippen molar-refractivity contribution in [3.05, 3.63) is 24.0 Å². The van der Waals surface area contributed by atoms with Gasteiger partial charge in [-0.05, 0) is 43.7 Å². The predicted molar refractivity (Wildman–Crippen MR) is 79.2 cm³/mol. The van der Waals surface area contributed by atoms with Crippen LogP contribution >= 0.6 is 11.8 Å². The van der Waals surface area contributed by atoms with Crippen LogP contribution < -0.4 is 5.73 Å². The lowest BCUT2D eigenvalue weighted by molar-refractivity contribution is -0.147. The maximum absolute atomic E-state index is 13.3. The first-order valence-corrected chi connectivity index (χ1v) is 7.74. The quantitative estimate of drug-likeness (QED) is 0.854. The van der Waals surface area contributed by atoms with E-state index < -0.39 is 12.0 Å². The number of hydrogen-bond donors (Lipinski definition) is 1. The van der Waals surface area contributed by atoms with Gasteiger partial charge in [-0.1, -0.05) is 0 Å². The summed E-state index contributed by atoms with van der Waals surface area (Å²) in [6.07, 6.45) is -2.50. The summed E-state index contributed by atoms with van der Waals surface area (Å²) in [7, 11) is 0. The third-order valence-electron chi connectivity index (χ3n) is 3.82. The highest BCUT2D eigenvalue weighted by Gasteiger charge is 2.40. The van der Waals surface area contributed by atoms with Crippen LogP contribution in [0.3, 0.4) is 0 Å². The van der Waals surface area contributed by atoms with Gasteiger partial charge in [-0.2, -0.15) is 24.9 Å². The molecule has 2 aromatic rings. The molecule has 1 unspecified atom stereocenters. The molecule has 0 saturated carbocycles. The number of anilines is 1. The number of nitrogen functional groups attached to an aromatic ring is 1. The second-order valence-corrected chi connectivity index (χ2v) is 7.35. The molecule has 1 atom stereocenters. The van der Waals surface area contributed by atoms with E-state index in [4.69, 9.17) is 5.73 Å². The number of halogens is 3. The first kappa shape index (κ1) is 14.6. The van der Waals surface area contributed by atoms with Crippen LogP contribution in [0.4, 0.5) is 18.9 Å². The number of imidazole rings is 1. The second-order valence-electron chi connectivity index (χ2n) is 5.67. The van der Waals surface area contributed by atoms with Gasteiger partial charge in [0.15, 0.2) is 0 Å². The Labute approximate surface area is 124 Å². The van der Waals surface area contributed by atoms with E-state index in [1.165, 1.54) is 10.6 Å². The fraction of sp³-hybridized carbons (Fsp3) is 0.500. The van der Waals surface area contributed by atoms with Crippen molar-refractivity contribution in [2.45, 2.75) is 37.2 Å². The molecule has 0 radical (unpaired) electrons. The van der Waals surface area contributed by atoms with E-state index in [2.05, 4.69) is 4.98 Å². The summed E-state index contributed by atoms with van der Waals surface area (Å²) in [6.45, 7) is 2.33. The lowest BCUT2D eigenvalue weighted by Gasteiger charge is -2.25. The van der Waals surface area contributed by atoms with E-state index in [0.29, 0.717) is 23.3 Å². The number of rotatable bonds is 2. The average molecular weight is 315 g/mol. The Morgan fingerprint density at radius 1 is 1.43 bits per heavy atom. The minimum absolute atomic E-state index is 0.172. The van der Waals surface area contributed by atoms with Gasteiger partial charge in [0.05, 0.1) is 11.0 Å². The lowest BCUT2D eigenvalue weighted by atomic mass is 10.1. The summed E-state index contributed by atoms with van der Waals surface area (Å²) in [6, 6.07) is 4.73. The Hall–Kier alpha value is -1.37. The molecule has 3 rings (SSSR count). The van der Waals surface area contributed by atoms with E-state index in [9.17, 15) is 13.2 Å². The van der Waals surface area contributed by atoms with Crippen LogP contribution in [0.25, 0.3) is 11.0 Å².